The topological polar surface area (TPSA) is 37.3 Å². The summed E-state index contributed by atoms with van der Waals surface area (Å²) < 4.78 is 0. The standard InChI is InChI=1S/C14H16O2/c1-9-6-7-14(16)12-5-3-2-4-10(12)8-11(9)13(14)15/h2-5,9,11,16H,6-8H2,1H3/t9-,11?,14-/m1/s1. The van der Waals surface area contributed by atoms with Crippen LogP contribution in [0.3, 0.4) is 0 Å². The molecule has 0 radical (unpaired) electrons. The third-order valence-electron chi connectivity index (χ3n) is 4.30. The van der Waals surface area contributed by atoms with E-state index >= 15 is 0 Å². The Morgan fingerprint density at radius 1 is 1.38 bits per heavy atom. The summed E-state index contributed by atoms with van der Waals surface area (Å²) in [7, 11) is 0. The number of carbonyl (C=O) groups is 1. The zero-order valence-electron chi connectivity index (χ0n) is 9.44. The first-order valence-electron chi connectivity index (χ1n) is 5.98. The predicted molar refractivity (Wildman–Crippen MR) is 60.9 cm³/mol. The first-order chi connectivity index (χ1) is 7.63. The Morgan fingerprint density at radius 2 is 2.12 bits per heavy atom. The Morgan fingerprint density at radius 3 is 2.94 bits per heavy atom. The van der Waals surface area contributed by atoms with Crippen molar-refractivity contribution in [2.24, 2.45) is 11.8 Å². The van der Waals surface area contributed by atoms with Gasteiger partial charge in [0.1, 0.15) is 5.60 Å². The number of fused-ring (bicyclic) bond motifs is 4. The molecule has 1 unspecified atom stereocenters. The van der Waals surface area contributed by atoms with Gasteiger partial charge in [-0.25, -0.2) is 0 Å². The molecule has 0 aliphatic heterocycles. The third-order valence-corrected chi connectivity index (χ3v) is 4.30. The number of carbonyl (C=O) groups excluding carboxylic acids is 1. The molecule has 3 atom stereocenters. The predicted octanol–water partition coefficient (Wildman–Crippen LogP) is 2.05. The molecule has 2 nitrogen and oxygen atoms in total. The molecule has 0 spiro atoms. The van der Waals surface area contributed by atoms with Crippen LogP contribution in [-0.4, -0.2) is 10.9 Å². The highest BCUT2D eigenvalue weighted by Crippen LogP contribution is 2.46. The molecule has 1 aromatic carbocycles. The molecule has 2 heteroatoms. The molecule has 84 valence electrons. The summed E-state index contributed by atoms with van der Waals surface area (Å²) in [6, 6.07) is 7.83. The van der Waals surface area contributed by atoms with Crippen LogP contribution in [0.1, 0.15) is 30.9 Å². The molecule has 0 amide bonds. The quantitative estimate of drug-likeness (QED) is 0.720. The smallest absolute Gasteiger partial charge is 0.172 e. The lowest BCUT2D eigenvalue weighted by Crippen LogP contribution is -2.50. The molecule has 2 aliphatic rings. The highest BCUT2D eigenvalue weighted by molar-refractivity contribution is 5.93. The van der Waals surface area contributed by atoms with Crippen LogP contribution in [-0.2, 0) is 16.8 Å². The molecular weight excluding hydrogens is 200 g/mol. The number of Topliss-reactive ketones (excluding diaryl/α,β-unsaturated/α-hetero) is 1. The van der Waals surface area contributed by atoms with Crippen LogP contribution in [0, 0.1) is 11.8 Å². The van der Waals surface area contributed by atoms with Gasteiger partial charge in [-0.15, -0.1) is 0 Å². The van der Waals surface area contributed by atoms with Crippen LogP contribution >= 0.6 is 0 Å². The van der Waals surface area contributed by atoms with Crippen molar-refractivity contribution < 1.29 is 9.90 Å². The Bertz CT molecular complexity index is 452. The number of hydrogen-bond acceptors (Lipinski definition) is 2. The SMILES string of the molecule is C[C@@H]1CC[C@]2(O)C(=O)C1Cc1ccccc12. The average molecular weight is 216 g/mol. The van der Waals surface area contributed by atoms with Crippen molar-refractivity contribution in [2.75, 3.05) is 0 Å². The lowest BCUT2D eigenvalue weighted by Gasteiger charge is -2.44. The Balaban J connectivity index is 2.19. The van der Waals surface area contributed by atoms with Gasteiger partial charge in [0.2, 0.25) is 0 Å². The van der Waals surface area contributed by atoms with E-state index in [0.29, 0.717) is 12.3 Å². The summed E-state index contributed by atoms with van der Waals surface area (Å²) in [4.78, 5) is 12.3. The van der Waals surface area contributed by atoms with Crippen LogP contribution in [0.4, 0.5) is 0 Å². The summed E-state index contributed by atoms with van der Waals surface area (Å²) in [5.74, 6) is 0.472. The minimum atomic E-state index is -1.19. The lowest BCUT2D eigenvalue weighted by molar-refractivity contribution is -0.152. The number of rotatable bonds is 0. The minimum absolute atomic E-state index is 0.0219. The van der Waals surface area contributed by atoms with Gasteiger partial charge in [0, 0.05) is 5.92 Å². The van der Waals surface area contributed by atoms with E-state index in [1.165, 1.54) is 0 Å². The molecule has 0 aromatic heterocycles. The maximum Gasteiger partial charge on any atom is 0.172 e. The van der Waals surface area contributed by atoms with E-state index in [4.69, 9.17) is 0 Å². The summed E-state index contributed by atoms with van der Waals surface area (Å²) in [5.41, 5.74) is 0.816. The molecule has 0 saturated heterocycles. The van der Waals surface area contributed by atoms with Crippen molar-refractivity contribution in [3.63, 3.8) is 0 Å². The van der Waals surface area contributed by atoms with Crippen molar-refractivity contribution in [3.05, 3.63) is 35.4 Å². The monoisotopic (exact) mass is 216 g/mol. The van der Waals surface area contributed by atoms with Gasteiger partial charge in [-0.1, -0.05) is 31.2 Å². The highest BCUT2D eigenvalue weighted by atomic mass is 16.3. The van der Waals surface area contributed by atoms with Crippen LogP contribution in [0.5, 0.6) is 0 Å². The van der Waals surface area contributed by atoms with E-state index in [2.05, 4.69) is 6.92 Å². The third kappa shape index (κ3) is 1.14. The average Bonchev–Trinajstić information content (AvgIpc) is 2.29. The highest BCUT2D eigenvalue weighted by Gasteiger charge is 2.51. The van der Waals surface area contributed by atoms with Crippen LogP contribution < -0.4 is 0 Å². The van der Waals surface area contributed by atoms with E-state index in [-0.39, 0.29) is 11.7 Å². The molecule has 1 saturated carbocycles. The Hall–Kier alpha value is -1.15. The fourth-order valence-corrected chi connectivity index (χ4v) is 3.23. The summed E-state index contributed by atoms with van der Waals surface area (Å²) >= 11 is 0. The van der Waals surface area contributed by atoms with Gasteiger partial charge < -0.3 is 5.11 Å². The van der Waals surface area contributed by atoms with Crippen molar-refractivity contribution >= 4 is 5.78 Å². The zero-order chi connectivity index (χ0) is 11.3. The van der Waals surface area contributed by atoms with Crippen molar-refractivity contribution in [1.82, 2.24) is 0 Å². The van der Waals surface area contributed by atoms with Gasteiger partial charge in [0.15, 0.2) is 5.78 Å². The molecule has 1 N–H and O–H groups in total. The maximum absolute atomic E-state index is 12.3. The van der Waals surface area contributed by atoms with Crippen molar-refractivity contribution in [3.8, 4) is 0 Å². The summed E-state index contributed by atoms with van der Waals surface area (Å²) in [6.45, 7) is 2.12. The van der Waals surface area contributed by atoms with Crippen LogP contribution in [0.15, 0.2) is 24.3 Å². The molecule has 0 heterocycles. The van der Waals surface area contributed by atoms with Gasteiger partial charge in [-0.05, 0) is 36.3 Å². The first-order valence-corrected chi connectivity index (χ1v) is 5.98. The van der Waals surface area contributed by atoms with E-state index in [0.717, 1.165) is 24.0 Å². The minimum Gasteiger partial charge on any atom is -0.377 e. The van der Waals surface area contributed by atoms with E-state index < -0.39 is 5.60 Å². The number of aliphatic hydroxyl groups is 1. The van der Waals surface area contributed by atoms with Gasteiger partial charge in [0.25, 0.3) is 0 Å². The summed E-state index contributed by atoms with van der Waals surface area (Å²) in [5, 5.41) is 10.6. The number of ketones is 1. The van der Waals surface area contributed by atoms with E-state index in [1.54, 1.807) is 0 Å². The molecule has 2 aliphatic carbocycles. The van der Waals surface area contributed by atoms with Crippen molar-refractivity contribution in [1.29, 1.82) is 0 Å². The van der Waals surface area contributed by atoms with Crippen LogP contribution in [0.2, 0.25) is 0 Å². The Kier molecular flexibility index (Phi) is 1.99. The zero-order valence-corrected chi connectivity index (χ0v) is 9.44. The van der Waals surface area contributed by atoms with E-state index in [1.807, 2.05) is 24.3 Å². The largest absolute Gasteiger partial charge is 0.377 e. The first kappa shape index (κ1) is 10.0. The molecular formula is C14H16O2. The fraction of sp³-hybridized carbons (Fsp3) is 0.500. The number of benzene rings is 1. The number of hydrogen-bond donors (Lipinski definition) is 1. The van der Waals surface area contributed by atoms with Gasteiger partial charge in [-0.2, -0.15) is 0 Å². The lowest BCUT2D eigenvalue weighted by atomic mass is 9.62. The van der Waals surface area contributed by atoms with Gasteiger partial charge >= 0.3 is 0 Å². The summed E-state index contributed by atoms with van der Waals surface area (Å²) in [6.07, 6.45) is 2.33. The fourth-order valence-electron chi connectivity index (χ4n) is 3.23. The Labute approximate surface area is 95.3 Å². The molecule has 1 aromatic rings. The normalized spacial score (nSPS) is 37.0. The van der Waals surface area contributed by atoms with Gasteiger partial charge in [0.05, 0.1) is 0 Å². The molecule has 2 bridgehead atoms. The second-order valence-electron chi connectivity index (χ2n) is 5.21. The molecule has 3 rings (SSSR count). The molecule has 1 fully saturated rings. The maximum atomic E-state index is 12.3. The van der Waals surface area contributed by atoms with Gasteiger partial charge in [-0.3, -0.25) is 4.79 Å². The second kappa shape index (κ2) is 3.17. The van der Waals surface area contributed by atoms with Crippen molar-refractivity contribution in [2.45, 2.75) is 31.8 Å². The van der Waals surface area contributed by atoms with Crippen LogP contribution in [0.25, 0.3) is 0 Å². The molecule has 16 heavy (non-hydrogen) atoms. The second-order valence-corrected chi connectivity index (χ2v) is 5.21. The van der Waals surface area contributed by atoms with E-state index in [9.17, 15) is 9.90 Å².